The Morgan fingerprint density at radius 1 is 1.14 bits per heavy atom. The van der Waals surface area contributed by atoms with Crippen molar-refractivity contribution in [3.05, 3.63) is 0 Å². The first kappa shape index (κ1) is 16.7. The SMILES string of the molecule is O=C(O)CN1CC(CCCO)CC(NC2CCCCC2)C1. The molecule has 1 aliphatic carbocycles. The predicted molar refractivity (Wildman–Crippen MR) is 82.3 cm³/mol. The maximum atomic E-state index is 11.0. The second-order valence-corrected chi connectivity index (χ2v) is 6.75. The molecule has 0 aromatic carbocycles. The number of rotatable bonds is 7. The molecule has 1 aliphatic heterocycles. The average Bonchev–Trinajstić information content (AvgIpc) is 2.45. The van der Waals surface area contributed by atoms with E-state index >= 15 is 0 Å². The van der Waals surface area contributed by atoms with Gasteiger partial charge in [0, 0.05) is 31.8 Å². The van der Waals surface area contributed by atoms with Crippen molar-refractivity contribution in [3.8, 4) is 0 Å². The number of hydrogen-bond acceptors (Lipinski definition) is 4. The van der Waals surface area contributed by atoms with E-state index in [1.165, 1.54) is 32.1 Å². The molecular weight excluding hydrogens is 268 g/mol. The van der Waals surface area contributed by atoms with E-state index in [2.05, 4.69) is 10.2 Å². The summed E-state index contributed by atoms with van der Waals surface area (Å²) in [5.41, 5.74) is 0. The molecule has 2 atom stereocenters. The average molecular weight is 298 g/mol. The lowest BCUT2D eigenvalue weighted by Gasteiger charge is -2.39. The van der Waals surface area contributed by atoms with Crippen LogP contribution in [0.25, 0.3) is 0 Å². The molecule has 2 aliphatic rings. The van der Waals surface area contributed by atoms with Crippen LogP contribution < -0.4 is 5.32 Å². The second kappa shape index (κ2) is 8.71. The van der Waals surface area contributed by atoms with Crippen LogP contribution in [0.1, 0.15) is 51.4 Å². The Hall–Kier alpha value is -0.650. The highest BCUT2D eigenvalue weighted by Crippen LogP contribution is 2.24. The summed E-state index contributed by atoms with van der Waals surface area (Å²) >= 11 is 0. The number of aliphatic hydroxyl groups is 1. The van der Waals surface area contributed by atoms with Crippen LogP contribution >= 0.6 is 0 Å². The summed E-state index contributed by atoms with van der Waals surface area (Å²) in [7, 11) is 0. The Labute approximate surface area is 127 Å². The zero-order chi connectivity index (χ0) is 15.1. The van der Waals surface area contributed by atoms with Crippen molar-refractivity contribution in [2.24, 2.45) is 5.92 Å². The van der Waals surface area contributed by atoms with Gasteiger partial charge in [-0.25, -0.2) is 0 Å². The predicted octanol–water partition coefficient (Wildman–Crippen LogP) is 1.46. The van der Waals surface area contributed by atoms with E-state index in [1.54, 1.807) is 0 Å². The first-order valence-corrected chi connectivity index (χ1v) is 8.48. The minimum Gasteiger partial charge on any atom is -0.480 e. The molecular formula is C16H30N2O3. The third-order valence-electron chi connectivity index (χ3n) is 4.82. The molecule has 21 heavy (non-hydrogen) atoms. The fraction of sp³-hybridized carbons (Fsp3) is 0.938. The van der Waals surface area contributed by atoms with Gasteiger partial charge >= 0.3 is 5.97 Å². The van der Waals surface area contributed by atoms with Crippen molar-refractivity contribution in [1.29, 1.82) is 0 Å². The molecule has 0 radical (unpaired) electrons. The van der Waals surface area contributed by atoms with Crippen LogP contribution in [0.15, 0.2) is 0 Å². The Balaban J connectivity index is 1.86. The number of nitrogens with one attached hydrogen (secondary N) is 1. The topological polar surface area (TPSA) is 72.8 Å². The lowest BCUT2D eigenvalue weighted by atomic mass is 9.88. The summed E-state index contributed by atoms with van der Waals surface area (Å²) < 4.78 is 0. The molecule has 5 nitrogen and oxygen atoms in total. The second-order valence-electron chi connectivity index (χ2n) is 6.75. The highest BCUT2D eigenvalue weighted by Gasteiger charge is 2.29. The summed E-state index contributed by atoms with van der Waals surface area (Å²) in [5, 5.41) is 21.8. The molecule has 122 valence electrons. The quantitative estimate of drug-likeness (QED) is 0.663. The van der Waals surface area contributed by atoms with Gasteiger partial charge in [-0.05, 0) is 38.0 Å². The summed E-state index contributed by atoms with van der Waals surface area (Å²) in [6.45, 7) is 2.07. The summed E-state index contributed by atoms with van der Waals surface area (Å²) in [6.07, 6.45) is 9.44. The minimum atomic E-state index is -0.741. The first-order valence-electron chi connectivity index (χ1n) is 8.48. The van der Waals surface area contributed by atoms with Gasteiger partial charge in [0.25, 0.3) is 0 Å². The number of aliphatic carboxylic acids is 1. The lowest BCUT2D eigenvalue weighted by Crippen LogP contribution is -2.53. The van der Waals surface area contributed by atoms with Crippen molar-refractivity contribution in [2.45, 2.75) is 63.5 Å². The number of hydrogen-bond donors (Lipinski definition) is 3. The van der Waals surface area contributed by atoms with Crippen LogP contribution in [0.2, 0.25) is 0 Å². The molecule has 3 N–H and O–H groups in total. The number of carboxylic acids is 1. The zero-order valence-corrected chi connectivity index (χ0v) is 13.0. The van der Waals surface area contributed by atoms with Crippen LogP contribution in [0.5, 0.6) is 0 Å². The van der Waals surface area contributed by atoms with Gasteiger partial charge in [-0.3, -0.25) is 9.69 Å². The van der Waals surface area contributed by atoms with Crippen LogP contribution in [0.3, 0.4) is 0 Å². The summed E-state index contributed by atoms with van der Waals surface area (Å²) in [6, 6.07) is 1.02. The molecule has 1 saturated heterocycles. The van der Waals surface area contributed by atoms with Crippen LogP contribution in [-0.2, 0) is 4.79 Å². The van der Waals surface area contributed by atoms with E-state index in [-0.39, 0.29) is 13.2 Å². The van der Waals surface area contributed by atoms with E-state index < -0.39 is 5.97 Å². The van der Waals surface area contributed by atoms with Crippen LogP contribution in [0.4, 0.5) is 0 Å². The normalized spacial score (nSPS) is 28.6. The molecule has 5 heteroatoms. The third-order valence-corrected chi connectivity index (χ3v) is 4.82. The van der Waals surface area contributed by atoms with Gasteiger partial charge < -0.3 is 15.5 Å². The number of carbonyl (C=O) groups is 1. The lowest BCUT2D eigenvalue weighted by molar-refractivity contribution is -0.138. The van der Waals surface area contributed by atoms with Gasteiger partial charge in [-0.2, -0.15) is 0 Å². The molecule has 2 fully saturated rings. The standard InChI is InChI=1S/C16H30N2O3/c19-8-4-5-13-9-15(11-18(10-13)12-16(20)21)17-14-6-2-1-3-7-14/h13-15,17,19H,1-12H2,(H,20,21). The smallest absolute Gasteiger partial charge is 0.317 e. The third kappa shape index (κ3) is 5.93. The van der Waals surface area contributed by atoms with E-state index in [0.29, 0.717) is 18.0 Å². The molecule has 0 spiro atoms. The molecule has 0 aromatic rings. The Morgan fingerprint density at radius 2 is 1.90 bits per heavy atom. The monoisotopic (exact) mass is 298 g/mol. The van der Waals surface area contributed by atoms with Crippen LogP contribution in [0, 0.1) is 5.92 Å². The Kier molecular flexibility index (Phi) is 6.93. The van der Waals surface area contributed by atoms with E-state index in [1.807, 2.05) is 0 Å². The number of aliphatic hydroxyl groups excluding tert-OH is 1. The van der Waals surface area contributed by atoms with Gasteiger partial charge in [-0.15, -0.1) is 0 Å². The molecule has 2 unspecified atom stereocenters. The minimum absolute atomic E-state index is 0.137. The van der Waals surface area contributed by atoms with Gasteiger partial charge in [0.15, 0.2) is 0 Å². The molecule has 0 bridgehead atoms. The van der Waals surface area contributed by atoms with Crippen molar-refractivity contribution in [1.82, 2.24) is 10.2 Å². The molecule has 0 amide bonds. The van der Waals surface area contributed by atoms with Gasteiger partial charge in [0.05, 0.1) is 6.54 Å². The summed E-state index contributed by atoms with van der Waals surface area (Å²) in [4.78, 5) is 13.0. The summed E-state index contributed by atoms with van der Waals surface area (Å²) in [5.74, 6) is -0.236. The van der Waals surface area contributed by atoms with Crippen molar-refractivity contribution in [2.75, 3.05) is 26.2 Å². The maximum absolute atomic E-state index is 11.0. The highest BCUT2D eigenvalue weighted by molar-refractivity contribution is 5.69. The van der Waals surface area contributed by atoms with Crippen molar-refractivity contribution in [3.63, 3.8) is 0 Å². The zero-order valence-electron chi connectivity index (χ0n) is 13.0. The fourth-order valence-corrected chi connectivity index (χ4v) is 3.94. The van der Waals surface area contributed by atoms with Gasteiger partial charge in [-0.1, -0.05) is 19.3 Å². The molecule has 1 saturated carbocycles. The van der Waals surface area contributed by atoms with Gasteiger partial charge in [0.2, 0.25) is 0 Å². The number of carboxylic acid groups (broad SMARTS) is 1. The fourth-order valence-electron chi connectivity index (χ4n) is 3.94. The van der Waals surface area contributed by atoms with Gasteiger partial charge in [0.1, 0.15) is 0 Å². The van der Waals surface area contributed by atoms with Crippen LogP contribution in [-0.4, -0.2) is 59.4 Å². The van der Waals surface area contributed by atoms with E-state index in [4.69, 9.17) is 10.2 Å². The number of nitrogens with zero attached hydrogens (tertiary/aromatic N) is 1. The first-order chi connectivity index (χ1) is 10.2. The number of likely N-dealkylation sites (tertiary alicyclic amines) is 1. The maximum Gasteiger partial charge on any atom is 0.317 e. The van der Waals surface area contributed by atoms with Crippen molar-refractivity contribution < 1.29 is 15.0 Å². The molecule has 1 heterocycles. The Morgan fingerprint density at radius 3 is 2.57 bits per heavy atom. The van der Waals surface area contributed by atoms with E-state index in [0.717, 1.165) is 32.4 Å². The highest BCUT2D eigenvalue weighted by atomic mass is 16.4. The number of piperidine rings is 1. The largest absolute Gasteiger partial charge is 0.480 e. The molecule has 2 rings (SSSR count). The van der Waals surface area contributed by atoms with E-state index in [9.17, 15) is 4.79 Å². The van der Waals surface area contributed by atoms with Crippen molar-refractivity contribution >= 4 is 5.97 Å². The Bertz CT molecular complexity index is 319. The molecule has 0 aromatic heterocycles.